The normalized spacial score (nSPS) is 12.6. The van der Waals surface area contributed by atoms with E-state index in [1.54, 1.807) is 6.07 Å². The van der Waals surface area contributed by atoms with Gasteiger partial charge in [0.1, 0.15) is 0 Å². The molecule has 1 nitrogen and oxygen atoms in total. The molecule has 3 heteroatoms. The van der Waals surface area contributed by atoms with Crippen molar-refractivity contribution in [3.8, 4) is 0 Å². The Bertz CT molecular complexity index is 299. The smallest absolute Gasteiger partial charge is 0.160 e. The van der Waals surface area contributed by atoms with Gasteiger partial charge in [-0.3, -0.25) is 0 Å². The van der Waals surface area contributed by atoms with Crippen LogP contribution in [0.15, 0.2) is 18.2 Å². The molecule has 0 fully saturated rings. The van der Waals surface area contributed by atoms with Crippen molar-refractivity contribution in [2.45, 2.75) is 20.3 Å². The number of nitrogens with one attached hydrogen (secondary N) is 1. The molecule has 0 saturated carbocycles. The van der Waals surface area contributed by atoms with Gasteiger partial charge in [0, 0.05) is 12.2 Å². The Hall–Kier alpha value is -1.12. The zero-order valence-corrected chi connectivity index (χ0v) is 8.48. The first-order valence-corrected chi connectivity index (χ1v) is 4.82. The Morgan fingerprint density at radius 3 is 2.57 bits per heavy atom. The highest BCUT2D eigenvalue weighted by Gasteiger charge is 2.03. The minimum Gasteiger partial charge on any atom is -0.385 e. The Balaban J connectivity index is 2.55. The highest BCUT2D eigenvalue weighted by molar-refractivity contribution is 5.43. The minimum absolute atomic E-state index is 0.531. The second-order valence-corrected chi connectivity index (χ2v) is 3.52. The molecule has 0 amide bonds. The summed E-state index contributed by atoms with van der Waals surface area (Å²) < 4.78 is 25.3. The third-order valence-electron chi connectivity index (χ3n) is 2.27. The molecule has 1 atom stereocenters. The van der Waals surface area contributed by atoms with Gasteiger partial charge in [0.15, 0.2) is 11.6 Å². The lowest BCUT2D eigenvalue weighted by molar-refractivity contribution is 0.508. The largest absolute Gasteiger partial charge is 0.385 e. The summed E-state index contributed by atoms with van der Waals surface area (Å²) >= 11 is 0. The molecule has 78 valence electrons. The monoisotopic (exact) mass is 199 g/mol. The highest BCUT2D eigenvalue weighted by Crippen LogP contribution is 2.13. The topological polar surface area (TPSA) is 12.0 Å². The van der Waals surface area contributed by atoms with Gasteiger partial charge >= 0.3 is 0 Å². The summed E-state index contributed by atoms with van der Waals surface area (Å²) in [5, 5.41) is 3.06. The molecule has 0 unspecified atom stereocenters. The van der Waals surface area contributed by atoms with Crippen molar-refractivity contribution in [1.29, 1.82) is 0 Å². The van der Waals surface area contributed by atoms with E-state index >= 15 is 0 Å². The number of hydrogen-bond acceptors (Lipinski definition) is 1. The Morgan fingerprint density at radius 2 is 2.00 bits per heavy atom. The second kappa shape index (κ2) is 4.94. The van der Waals surface area contributed by atoms with Crippen LogP contribution >= 0.6 is 0 Å². The number of hydrogen-bond donors (Lipinski definition) is 1. The average molecular weight is 199 g/mol. The lowest BCUT2D eigenvalue weighted by Gasteiger charge is -2.11. The standard InChI is InChI=1S/C11H15F2N/c1-3-8(2)7-14-9-4-5-10(12)11(13)6-9/h4-6,8,14H,3,7H2,1-2H3/t8-/m1/s1. The maximum absolute atomic E-state index is 12.8. The van der Waals surface area contributed by atoms with Crippen molar-refractivity contribution in [2.75, 3.05) is 11.9 Å². The van der Waals surface area contributed by atoms with Gasteiger partial charge in [-0.05, 0) is 24.1 Å². The van der Waals surface area contributed by atoms with Crippen LogP contribution in [0.3, 0.4) is 0 Å². The van der Waals surface area contributed by atoms with E-state index in [-0.39, 0.29) is 0 Å². The van der Waals surface area contributed by atoms with Crippen LogP contribution in [0.25, 0.3) is 0 Å². The zero-order chi connectivity index (χ0) is 10.6. The SMILES string of the molecule is CC[C@@H](C)CNc1ccc(F)c(F)c1. The predicted molar refractivity (Wildman–Crippen MR) is 54.3 cm³/mol. The fourth-order valence-corrected chi connectivity index (χ4v) is 1.04. The summed E-state index contributed by atoms with van der Waals surface area (Å²) in [4.78, 5) is 0. The van der Waals surface area contributed by atoms with Crippen LogP contribution in [0.5, 0.6) is 0 Å². The molecular formula is C11H15F2N. The Kier molecular flexibility index (Phi) is 3.86. The molecule has 0 bridgehead atoms. The fraction of sp³-hybridized carbons (Fsp3) is 0.455. The van der Waals surface area contributed by atoms with E-state index in [0.717, 1.165) is 19.0 Å². The van der Waals surface area contributed by atoms with Gasteiger partial charge in [-0.25, -0.2) is 8.78 Å². The van der Waals surface area contributed by atoms with E-state index in [1.807, 2.05) is 0 Å². The molecule has 0 aliphatic carbocycles. The van der Waals surface area contributed by atoms with Crippen LogP contribution < -0.4 is 5.32 Å². The van der Waals surface area contributed by atoms with E-state index in [1.165, 1.54) is 6.07 Å². The first-order valence-electron chi connectivity index (χ1n) is 4.82. The third kappa shape index (κ3) is 2.98. The number of rotatable bonds is 4. The number of benzene rings is 1. The molecular weight excluding hydrogens is 184 g/mol. The lowest BCUT2D eigenvalue weighted by atomic mass is 10.1. The molecule has 1 rings (SSSR count). The molecule has 1 aromatic rings. The van der Waals surface area contributed by atoms with E-state index in [0.29, 0.717) is 11.6 Å². The van der Waals surface area contributed by atoms with Crippen LogP contribution in [-0.4, -0.2) is 6.54 Å². The molecule has 0 aliphatic rings. The summed E-state index contributed by atoms with van der Waals surface area (Å²) in [5.74, 6) is -1.08. The molecule has 0 heterocycles. The number of halogens is 2. The van der Waals surface area contributed by atoms with Gasteiger partial charge in [-0.2, -0.15) is 0 Å². The molecule has 0 aliphatic heterocycles. The Labute approximate surface area is 83.1 Å². The van der Waals surface area contributed by atoms with Crippen molar-refractivity contribution in [3.63, 3.8) is 0 Å². The average Bonchev–Trinajstić information content (AvgIpc) is 2.19. The molecule has 0 radical (unpaired) electrons. The zero-order valence-electron chi connectivity index (χ0n) is 8.48. The Morgan fingerprint density at radius 1 is 1.29 bits per heavy atom. The maximum Gasteiger partial charge on any atom is 0.160 e. The van der Waals surface area contributed by atoms with E-state index in [4.69, 9.17) is 0 Å². The van der Waals surface area contributed by atoms with Gasteiger partial charge in [0.2, 0.25) is 0 Å². The van der Waals surface area contributed by atoms with Crippen molar-refractivity contribution in [3.05, 3.63) is 29.8 Å². The van der Waals surface area contributed by atoms with Gasteiger partial charge < -0.3 is 5.32 Å². The van der Waals surface area contributed by atoms with Crippen LogP contribution in [0.1, 0.15) is 20.3 Å². The van der Waals surface area contributed by atoms with E-state index in [2.05, 4.69) is 19.2 Å². The predicted octanol–water partition coefficient (Wildman–Crippen LogP) is 3.42. The molecule has 0 spiro atoms. The molecule has 1 aromatic carbocycles. The van der Waals surface area contributed by atoms with Crippen molar-refractivity contribution >= 4 is 5.69 Å². The van der Waals surface area contributed by atoms with Crippen LogP contribution in [0, 0.1) is 17.6 Å². The molecule has 1 N–H and O–H groups in total. The van der Waals surface area contributed by atoms with Crippen LogP contribution in [0.4, 0.5) is 14.5 Å². The second-order valence-electron chi connectivity index (χ2n) is 3.52. The highest BCUT2D eigenvalue weighted by atomic mass is 19.2. The van der Waals surface area contributed by atoms with Crippen molar-refractivity contribution < 1.29 is 8.78 Å². The summed E-state index contributed by atoms with van der Waals surface area (Å²) in [7, 11) is 0. The van der Waals surface area contributed by atoms with Crippen molar-refractivity contribution in [1.82, 2.24) is 0 Å². The summed E-state index contributed by atoms with van der Waals surface area (Å²) in [6.07, 6.45) is 1.07. The molecule has 0 saturated heterocycles. The van der Waals surface area contributed by atoms with Crippen LogP contribution in [-0.2, 0) is 0 Å². The lowest BCUT2D eigenvalue weighted by Crippen LogP contribution is -2.10. The molecule has 14 heavy (non-hydrogen) atoms. The van der Waals surface area contributed by atoms with E-state index < -0.39 is 11.6 Å². The summed E-state index contributed by atoms with van der Waals surface area (Å²) in [6.45, 7) is 4.98. The maximum atomic E-state index is 12.8. The summed E-state index contributed by atoms with van der Waals surface area (Å²) in [5.41, 5.74) is 0.629. The fourth-order valence-electron chi connectivity index (χ4n) is 1.04. The quantitative estimate of drug-likeness (QED) is 0.783. The first-order chi connectivity index (χ1) is 6.63. The van der Waals surface area contributed by atoms with Crippen molar-refractivity contribution in [2.24, 2.45) is 5.92 Å². The van der Waals surface area contributed by atoms with Gasteiger partial charge in [-0.1, -0.05) is 20.3 Å². The summed E-state index contributed by atoms with van der Waals surface area (Å²) in [6, 6.07) is 3.85. The van der Waals surface area contributed by atoms with Gasteiger partial charge in [0.25, 0.3) is 0 Å². The number of anilines is 1. The minimum atomic E-state index is -0.806. The van der Waals surface area contributed by atoms with Gasteiger partial charge in [0.05, 0.1) is 0 Å². The van der Waals surface area contributed by atoms with Gasteiger partial charge in [-0.15, -0.1) is 0 Å². The molecule has 0 aromatic heterocycles. The van der Waals surface area contributed by atoms with E-state index in [9.17, 15) is 8.78 Å². The third-order valence-corrected chi connectivity index (χ3v) is 2.27. The first kappa shape index (κ1) is 11.0. The van der Waals surface area contributed by atoms with Crippen LogP contribution in [0.2, 0.25) is 0 Å².